The Morgan fingerprint density at radius 3 is 2.35 bits per heavy atom. The Kier molecular flexibility index (Phi) is 5.06. The molecule has 0 aliphatic rings. The van der Waals surface area contributed by atoms with Crippen LogP contribution < -0.4 is 5.32 Å². The third-order valence-electron chi connectivity index (χ3n) is 3.60. The second-order valence-electron chi connectivity index (χ2n) is 5.66. The van der Waals surface area contributed by atoms with Crippen molar-refractivity contribution in [3.63, 3.8) is 0 Å². The van der Waals surface area contributed by atoms with Crippen molar-refractivity contribution in [2.45, 2.75) is 26.7 Å². The van der Waals surface area contributed by atoms with Gasteiger partial charge < -0.3 is 10.4 Å². The van der Waals surface area contributed by atoms with Crippen LogP contribution in [0.4, 0.5) is 5.69 Å². The largest absolute Gasteiger partial charge is 0.478 e. The second-order valence-corrected chi connectivity index (χ2v) is 6.03. The Labute approximate surface area is 140 Å². The summed E-state index contributed by atoms with van der Waals surface area (Å²) in [4.78, 5) is 23.8. The molecule has 0 heterocycles. The number of rotatable bonds is 4. The summed E-state index contributed by atoms with van der Waals surface area (Å²) < 4.78 is 0. The number of amides is 1. The van der Waals surface area contributed by atoms with E-state index in [-0.39, 0.29) is 22.4 Å². The molecule has 0 aromatic heterocycles. The minimum atomic E-state index is -1.12. The van der Waals surface area contributed by atoms with Crippen LogP contribution >= 0.6 is 11.6 Å². The zero-order chi connectivity index (χ0) is 17.1. The molecule has 0 fully saturated rings. The number of aromatic carboxylic acids is 1. The lowest BCUT2D eigenvalue weighted by molar-refractivity contribution is 0.0696. The highest BCUT2D eigenvalue weighted by Gasteiger charge is 2.18. The molecule has 0 unspecified atom stereocenters. The summed E-state index contributed by atoms with van der Waals surface area (Å²) in [6.07, 6.45) is 0. The molecule has 0 atom stereocenters. The molecule has 0 spiro atoms. The van der Waals surface area contributed by atoms with Crippen molar-refractivity contribution in [1.82, 2.24) is 0 Å². The van der Waals surface area contributed by atoms with Crippen molar-refractivity contribution >= 4 is 29.2 Å². The van der Waals surface area contributed by atoms with Gasteiger partial charge in [-0.3, -0.25) is 4.79 Å². The van der Waals surface area contributed by atoms with E-state index in [1.165, 1.54) is 6.07 Å². The summed E-state index contributed by atoms with van der Waals surface area (Å²) in [6.45, 7) is 5.68. The number of carboxylic acids is 1. The Bertz CT molecular complexity index is 769. The van der Waals surface area contributed by atoms with E-state index in [9.17, 15) is 14.7 Å². The number of benzene rings is 2. The van der Waals surface area contributed by atoms with Gasteiger partial charge in [0.05, 0.1) is 10.6 Å². The normalized spacial score (nSPS) is 10.7. The van der Waals surface area contributed by atoms with Gasteiger partial charge in [0.25, 0.3) is 5.91 Å². The molecule has 1 amide bonds. The lowest BCUT2D eigenvalue weighted by atomic mass is 9.99. The summed E-state index contributed by atoms with van der Waals surface area (Å²) in [5, 5.41) is 12.3. The smallest absolute Gasteiger partial charge is 0.337 e. The van der Waals surface area contributed by atoms with Crippen LogP contribution in [-0.2, 0) is 0 Å². The fraction of sp³-hybridized carbons (Fsp3) is 0.222. The number of halogens is 1. The topological polar surface area (TPSA) is 66.4 Å². The SMILES string of the molecule is Cc1ccccc1C(=O)Nc1cc(C(=O)O)c(Cl)c(C(C)C)c1. The van der Waals surface area contributed by atoms with E-state index in [2.05, 4.69) is 5.32 Å². The average Bonchev–Trinajstić information content (AvgIpc) is 2.48. The molecule has 2 N–H and O–H groups in total. The first-order valence-corrected chi connectivity index (χ1v) is 7.62. The van der Waals surface area contributed by atoms with Crippen molar-refractivity contribution in [3.05, 3.63) is 63.7 Å². The van der Waals surface area contributed by atoms with Crippen LogP contribution in [0.3, 0.4) is 0 Å². The molecule has 0 radical (unpaired) electrons. The molecular weight excluding hydrogens is 314 g/mol. The fourth-order valence-electron chi connectivity index (χ4n) is 2.32. The Morgan fingerprint density at radius 2 is 1.78 bits per heavy atom. The van der Waals surface area contributed by atoms with Crippen molar-refractivity contribution < 1.29 is 14.7 Å². The monoisotopic (exact) mass is 331 g/mol. The van der Waals surface area contributed by atoms with E-state index < -0.39 is 5.97 Å². The first-order valence-electron chi connectivity index (χ1n) is 7.25. The number of hydrogen-bond donors (Lipinski definition) is 2. The van der Waals surface area contributed by atoms with Gasteiger partial charge in [0.15, 0.2) is 0 Å². The van der Waals surface area contributed by atoms with Crippen molar-refractivity contribution in [2.24, 2.45) is 0 Å². The van der Waals surface area contributed by atoms with E-state index in [1.54, 1.807) is 18.2 Å². The molecule has 4 nitrogen and oxygen atoms in total. The third-order valence-corrected chi connectivity index (χ3v) is 4.02. The van der Waals surface area contributed by atoms with Gasteiger partial charge in [-0.05, 0) is 42.2 Å². The summed E-state index contributed by atoms with van der Waals surface area (Å²) in [5.41, 5.74) is 2.49. The van der Waals surface area contributed by atoms with Gasteiger partial charge in [-0.1, -0.05) is 43.6 Å². The number of carbonyl (C=O) groups excluding carboxylic acids is 1. The summed E-state index contributed by atoms with van der Waals surface area (Å²) >= 11 is 6.16. The molecule has 5 heteroatoms. The maximum Gasteiger partial charge on any atom is 0.337 e. The van der Waals surface area contributed by atoms with Gasteiger partial charge in [0.1, 0.15) is 0 Å². The predicted molar refractivity (Wildman–Crippen MR) is 91.6 cm³/mol. The van der Waals surface area contributed by atoms with Crippen LogP contribution in [0.15, 0.2) is 36.4 Å². The quantitative estimate of drug-likeness (QED) is 0.851. The lowest BCUT2D eigenvalue weighted by Crippen LogP contribution is -2.14. The molecule has 0 aliphatic heterocycles. The van der Waals surface area contributed by atoms with E-state index in [1.807, 2.05) is 32.9 Å². The zero-order valence-electron chi connectivity index (χ0n) is 13.2. The number of carboxylic acid groups (broad SMARTS) is 1. The number of hydrogen-bond acceptors (Lipinski definition) is 2. The van der Waals surface area contributed by atoms with Gasteiger partial charge >= 0.3 is 5.97 Å². The molecule has 0 saturated heterocycles. The highest BCUT2D eigenvalue weighted by atomic mass is 35.5. The minimum absolute atomic E-state index is 0.0158. The second kappa shape index (κ2) is 6.84. The van der Waals surface area contributed by atoms with Crippen LogP contribution in [0.1, 0.15) is 51.6 Å². The van der Waals surface area contributed by atoms with Crippen molar-refractivity contribution in [2.75, 3.05) is 5.32 Å². The van der Waals surface area contributed by atoms with Gasteiger partial charge in [0.2, 0.25) is 0 Å². The van der Waals surface area contributed by atoms with E-state index in [0.29, 0.717) is 16.8 Å². The minimum Gasteiger partial charge on any atom is -0.478 e. The van der Waals surface area contributed by atoms with Gasteiger partial charge in [0, 0.05) is 11.3 Å². The highest BCUT2D eigenvalue weighted by Crippen LogP contribution is 2.31. The van der Waals surface area contributed by atoms with Crippen molar-refractivity contribution in [3.8, 4) is 0 Å². The molecule has 2 aromatic carbocycles. The van der Waals surface area contributed by atoms with E-state index >= 15 is 0 Å². The Hall–Kier alpha value is -2.33. The number of anilines is 1. The zero-order valence-corrected chi connectivity index (χ0v) is 13.9. The van der Waals surface area contributed by atoms with Crippen LogP contribution in [0.2, 0.25) is 5.02 Å². The fourth-order valence-corrected chi connectivity index (χ4v) is 2.73. The molecule has 0 aliphatic carbocycles. The first kappa shape index (κ1) is 17.0. The Balaban J connectivity index is 2.42. The van der Waals surface area contributed by atoms with E-state index in [0.717, 1.165) is 5.56 Å². The molecular formula is C18H18ClNO3. The third kappa shape index (κ3) is 3.71. The molecule has 120 valence electrons. The van der Waals surface area contributed by atoms with Crippen LogP contribution in [0.5, 0.6) is 0 Å². The molecule has 0 saturated carbocycles. The molecule has 2 rings (SSSR count). The summed E-state index contributed by atoms with van der Waals surface area (Å²) in [7, 11) is 0. The standard InChI is InChI=1S/C18H18ClNO3/c1-10(2)14-8-12(9-15(16(14)19)18(22)23)20-17(21)13-7-5-4-6-11(13)3/h4-10H,1-3H3,(H,20,21)(H,22,23). The van der Waals surface area contributed by atoms with Gasteiger partial charge in [-0.2, -0.15) is 0 Å². The van der Waals surface area contributed by atoms with Gasteiger partial charge in [-0.25, -0.2) is 4.79 Å². The number of aryl methyl sites for hydroxylation is 1. The summed E-state index contributed by atoms with van der Waals surface area (Å²) in [5.74, 6) is -1.36. The molecule has 0 bridgehead atoms. The highest BCUT2D eigenvalue weighted by molar-refractivity contribution is 6.34. The van der Waals surface area contributed by atoms with Crippen molar-refractivity contribution in [1.29, 1.82) is 0 Å². The maximum absolute atomic E-state index is 12.4. The predicted octanol–water partition coefficient (Wildman–Crippen LogP) is 4.72. The molecule has 2 aromatic rings. The maximum atomic E-state index is 12.4. The van der Waals surface area contributed by atoms with Crippen LogP contribution in [0.25, 0.3) is 0 Å². The first-order chi connectivity index (χ1) is 10.8. The van der Waals surface area contributed by atoms with Crippen LogP contribution in [-0.4, -0.2) is 17.0 Å². The molecule has 23 heavy (non-hydrogen) atoms. The lowest BCUT2D eigenvalue weighted by Gasteiger charge is -2.14. The van der Waals surface area contributed by atoms with E-state index in [4.69, 9.17) is 11.6 Å². The average molecular weight is 332 g/mol. The number of nitrogens with one attached hydrogen (secondary N) is 1. The Morgan fingerprint density at radius 1 is 1.13 bits per heavy atom. The van der Waals surface area contributed by atoms with Crippen LogP contribution in [0, 0.1) is 6.92 Å². The van der Waals surface area contributed by atoms with Gasteiger partial charge in [-0.15, -0.1) is 0 Å². The number of carbonyl (C=O) groups is 2. The summed E-state index contributed by atoms with van der Waals surface area (Å²) in [6, 6.07) is 10.3.